The minimum atomic E-state index is 0.152. The van der Waals surface area contributed by atoms with Crippen LogP contribution in [0.5, 0.6) is 0 Å². The summed E-state index contributed by atoms with van der Waals surface area (Å²) in [6, 6.07) is 16.0. The van der Waals surface area contributed by atoms with Gasteiger partial charge in [-0.1, -0.05) is 42.0 Å². The number of benzene rings is 2. The molecule has 0 radical (unpaired) electrons. The Kier molecular flexibility index (Phi) is 4.99. The van der Waals surface area contributed by atoms with Crippen molar-refractivity contribution < 1.29 is 4.79 Å². The molecule has 0 aliphatic carbocycles. The third-order valence-corrected chi connectivity index (χ3v) is 3.51. The van der Waals surface area contributed by atoms with E-state index in [4.69, 9.17) is 5.73 Å². The lowest BCUT2D eigenvalue weighted by Crippen LogP contribution is -2.26. The molecule has 0 unspecified atom stereocenters. The van der Waals surface area contributed by atoms with Crippen LogP contribution in [-0.2, 0) is 17.8 Å². The van der Waals surface area contributed by atoms with Crippen molar-refractivity contribution in [2.45, 2.75) is 26.3 Å². The summed E-state index contributed by atoms with van der Waals surface area (Å²) < 4.78 is 0. The Bertz CT molecular complexity index is 622. The van der Waals surface area contributed by atoms with E-state index >= 15 is 0 Å². The Balaban J connectivity index is 1.88. The normalized spacial score (nSPS) is 10.4. The topological polar surface area (TPSA) is 46.3 Å². The van der Waals surface area contributed by atoms with Crippen LogP contribution in [0.2, 0.25) is 0 Å². The second kappa shape index (κ2) is 6.93. The molecular weight excluding hydrogens is 260 g/mol. The Morgan fingerprint density at radius 2 is 1.81 bits per heavy atom. The van der Waals surface area contributed by atoms with Crippen molar-refractivity contribution in [3.8, 4) is 0 Å². The lowest BCUT2D eigenvalue weighted by molar-refractivity contribution is -0.130. The highest BCUT2D eigenvalue weighted by atomic mass is 16.2. The van der Waals surface area contributed by atoms with E-state index in [0.29, 0.717) is 13.0 Å². The van der Waals surface area contributed by atoms with Crippen molar-refractivity contribution in [1.82, 2.24) is 4.90 Å². The van der Waals surface area contributed by atoms with E-state index < -0.39 is 0 Å². The minimum Gasteiger partial charge on any atom is -0.399 e. The predicted molar refractivity (Wildman–Crippen MR) is 86.8 cm³/mol. The Labute approximate surface area is 126 Å². The maximum Gasteiger partial charge on any atom is 0.222 e. The first-order valence-corrected chi connectivity index (χ1v) is 7.18. The van der Waals surface area contributed by atoms with Crippen LogP contribution >= 0.6 is 0 Å². The second-order valence-electron chi connectivity index (χ2n) is 5.48. The molecule has 1 amide bonds. The van der Waals surface area contributed by atoms with Gasteiger partial charge in [0.1, 0.15) is 0 Å². The van der Waals surface area contributed by atoms with Gasteiger partial charge in [-0.15, -0.1) is 0 Å². The molecule has 2 N–H and O–H groups in total. The van der Waals surface area contributed by atoms with E-state index in [0.717, 1.165) is 23.2 Å². The second-order valence-corrected chi connectivity index (χ2v) is 5.48. The minimum absolute atomic E-state index is 0.152. The highest BCUT2D eigenvalue weighted by Crippen LogP contribution is 2.11. The fourth-order valence-corrected chi connectivity index (χ4v) is 2.36. The number of rotatable bonds is 5. The van der Waals surface area contributed by atoms with Crippen LogP contribution < -0.4 is 5.73 Å². The number of nitrogen functional groups attached to an aromatic ring is 1. The van der Waals surface area contributed by atoms with Crippen molar-refractivity contribution in [3.63, 3.8) is 0 Å². The highest BCUT2D eigenvalue weighted by Gasteiger charge is 2.09. The summed E-state index contributed by atoms with van der Waals surface area (Å²) in [5.41, 5.74) is 9.97. The van der Waals surface area contributed by atoms with Gasteiger partial charge in [-0.2, -0.15) is 0 Å². The lowest BCUT2D eigenvalue weighted by atomic mass is 10.1. The molecule has 0 bridgehead atoms. The SMILES string of the molecule is Cc1cccc(CN(C)C(=O)CCc2cccc(N)c2)c1. The highest BCUT2D eigenvalue weighted by molar-refractivity contribution is 5.76. The van der Waals surface area contributed by atoms with E-state index in [1.165, 1.54) is 5.56 Å². The number of anilines is 1. The number of carbonyl (C=O) groups is 1. The summed E-state index contributed by atoms with van der Waals surface area (Å²) in [6.07, 6.45) is 1.23. The van der Waals surface area contributed by atoms with Crippen LogP contribution in [-0.4, -0.2) is 17.9 Å². The molecule has 2 aromatic carbocycles. The summed E-state index contributed by atoms with van der Waals surface area (Å²) in [4.78, 5) is 14.0. The molecule has 0 saturated heterocycles. The molecule has 3 nitrogen and oxygen atoms in total. The standard InChI is InChI=1S/C18H22N2O/c1-14-5-3-7-16(11-14)13-20(2)18(21)10-9-15-6-4-8-17(19)12-15/h3-8,11-12H,9-10,13,19H2,1-2H3. The van der Waals surface area contributed by atoms with Gasteiger partial charge in [-0.25, -0.2) is 0 Å². The molecule has 0 aliphatic heterocycles. The van der Waals surface area contributed by atoms with Gasteiger partial charge in [0.15, 0.2) is 0 Å². The van der Waals surface area contributed by atoms with Crippen LogP contribution in [0.1, 0.15) is 23.1 Å². The molecule has 110 valence electrons. The quantitative estimate of drug-likeness (QED) is 0.856. The molecule has 0 aromatic heterocycles. The van der Waals surface area contributed by atoms with Gasteiger partial charge in [0.05, 0.1) is 0 Å². The van der Waals surface area contributed by atoms with Gasteiger partial charge in [0.25, 0.3) is 0 Å². The van der Waals surface area contributed by atoms with E-state index in [2.05, 4.69) is 25.1 Å². The van der Waals surface area contributed by atoms with E-state index in [9.17, 15) is 4.79 Å². The molecule has 0 aliphatic rings. The van der Waals surface area contributed by atoms with Crippen LogP contribution in [0.4, 0.5) is 5.69 Å². The zero-order valence-corrected chi connectivity index (χ0v) is 12.7. The van der Waals surface area contributed by atoms with Crippen molar-refractivity contribution >= 4 is 11.6 Å². The van der Waals surface area contributed by atoms with E-state index in [1.807, 2.05) is 37.4 Å². The summed E-state index contributed by atoms with van der Waals surface area (Å²) in [6.45, 7) is 2.71. The number of aryl methyl sites for hydroxylation is 2. The molecule has 21 heavy (non-hydrogen) atoms. The van der Waals surface area contributed by atoms with Crippen molar-refractivity contribution in [3.05, 3.63) is 65.2 Å². The van der Waals surface area contributed by atoms with Gasteiger partial charge in [0.2, 0.25) is 5.91 Å². The number of carbonyl (C=O) groups excluding carboxylic acids is 1. The molecule has 2 aromatic rings. The Morgan fingerprint density at radius 3 is 2.52 bits per heavy atom. The van der Waals surface area contributed by atoms with E-state index in [-0.39, 0.29) is 5.91 Å². The van der Waals surface area contributed by atoms with Gasteiger partial charge in [-0.3, -0.25) is 4.79 Å². The Hall–Kier alpha value is -2.29. The third kappa shape index (κ3) is 4.63. The molecular formula is C18H22N2O. The zero-order valence-electron chi connectivity index (χ0n) is 12.7. The number of hydrogen-bond acceptors (Lipinski definition) is 2. The van der Waals surface area contributed by atoms with Gasteiger partial charge in [0, 0.05) is 25.7 Å². The first-order chi connectivity index (χ1) is 10.0. The molecule has 0 spiro atoms. The van der Waals surface area contributed by atoms with Crippen molar-refractivity contribution in [1.29, 1.82) is 0 Å². The maximum atomic E-state index is 12.2. The van der Waals surface area contributed by atoms with Crippen molar-refractivity contribution in [2.24, 2.45) is 0 Å². The molecule has 2 rings (SSSR count). The summed E-state index contributed by atoms with van der Waals surface area (Å²) >= 11 is 0. The smallest absolute Gasteiger partial charge is 0.222 e. The van der Waals surface area contributed by atoms with Crippen LogP contribution in [0, 0.1) is 6.92 Å². The fraction of sp³-hybridized carbons (Fsp3) is 0.278. The van der Waals surface area contributed by atoms with Gasteiger partial charge >= 0.3 is 0 Å². The number of nitrogens with zero attached hydrogens (tertiary/aromatic N) is 1. The average Bonchev–Trinajstić information content (AvgIpc) is 2.45. The Morgan fingerprint density at radius 1 is 1.10 bits per heavy atom. The third-order valence-electron chi connectivity index (χ3n) is 3.51. The number of nitrogens with two attached hydrogens (primary N) is 1. The predicted octanol–water partition coefficient (Wildman–Crippen LogP) is 3.17. The van der Waals surface area contributed by atoms with E-state index in [1.54, 1.807) is 4.90 Å². The number of hydrogen-bond donors (Lipinski definition) is 1. The molecule has 3 heteroatoms. The zero-order chi connectivity index (χ0) is 15.2. The van der Waals surface area contributed by atoms with Gasteiger partial charge in [-0.05, 0) is 36.6 Å². The van der Waals surface area contributed by atoms with Crippen LogP contribution in [0.15, 0.2) is 48.5 Å². The number of amides is 1. The molecule has 0 fully saturated rings. The summed E-state index contributed by atoms with van der Waals surface area (Å²) in [7, 11) is 1.85. The van der Waals surface area contributed by atoms with Gasteiger partial charge < -0.3 is 10.6 Å². The maximum absolute atomic E-state index is 12.2. The molecule has 0 saturated carbocycles. The van der Waals surface area contributed by atoms with Crippen molar-refractivity contribution in [2.75, 3.05) is 12.8 Å². The molecule has 0 heterocycles. The largest absolute Gasteiger partial charge is 0.399 e. The fourth-order valence-electron chi connectivity index (χ4n) is 2.36. The monoisotopic (exact) mass is 282 g/mol. The van der Waals surface area contributed by atoms with Crippen LogP contribution in [0.25, 0.3) is 0 Å². The van der Waals surface area contributed by atoms with Crippen LogP contribution in [0.3, 0.4) is 0 Å². The first-order valence-electron chi connectivity index (χ1n) is 7.18. The molecule has 0 atom stereocenters. The summed E-state index contributed by atoms with van der Waals surface area (Å²) in [5, 5.41) is 0. The average molecular weight is 282 g/mol. The first kappa shape index (κ1) is 15.1. The summed E-state index contributed by atoms with van der Waals surface area (Å²) in [5.74, 6) is 0.152. The lowest BCUT2D eigenvalue weighted by Gasteiger charge is -2.17.